The highest BCUT2D eigenvalue weighted by molar-refractivity contribution is 6.37. The minimum atomic E-state index is -0.745. The first-order valence-electron chi connectivity index (χ1n) is 6.96. The molecule has 0 aliphatic carbocycles. The van der Waals surface area contributed by atoms with Crippen molar-refractivity contribution in [3.8, 4) is 0 Å². The van der Waals surface area contributed by atoms with E-state index >= 15 is 0 Å². The lowest BCUT2D eigenvalue weighted by Crippen LogP contribution is -2.15. The van der Waals surface area contributed by atoms with Gasteiger partial charge >= 0.3 is 5.97 Å². The van der Waals surface area contributed by atoms with Gasteiger partial charge in [0.05, 0.1) is 16.3 Å². The Morgan fingerprint density at radius 1 is 1.13 bits per heavy atom. The van der Waals surface area contributed by atoms with Crippen LogP contribution in [0.3, 0.4) is 0 Å². The Balaban J connectivity index is 2.05. The number of nitrogens with two attached hydrogens (primary N) is 1. The summed E-state index contributed by atoms with van der Waals surface area (Å²) in [6, 6.07) is 9.92. The summed E-state index contributed by atoms with van der Waals surface area (Å²) in [6.07, 6.45) is 0.887. The number of rotatable bonds is 5. The lowest BCUT2D eigenvalue weighted by Gasteiger charge is -2.08. The molecule has 0 saturated carbocycles. The lowest BCUT2D eigenvalue weighted by molar-refractivity contribution is 0.0476. The monoisotopic (exact) mass is 351 g/mol. The van der Waals surface area contributed by atoms with Crippen molar-refractivity contribution >= 4 is 40.6 Å². The first kappa shape index (κ1) is 17.3. The minimum Gasteiger partial charge on any atom is -0.454 e. The van der Waals surface area contributed by atoms with Gasteiger partial charge in [-0.15, -0.1) is 0 Å². The van der Waals surface area contributed by atoms with Crippen LogP contribution in [0.15, 0.2) is 36.4 Å². The van der Waals surface area contributed by atoms with E-state index in [1.54, 1.807) is 12.1 Å². The second kappa shape index (κ2) is 7.49. The highest BCUT2D eigenvalue weighted by Gasteiger charge is 2.17. The number of carbonyl (C=O) groups is 2. The number of aryl methyl sites for hydroxylation is 1. The first-order chi connectivity index (χ1) is 10.9. The third-order valence-corrected chi connectivity index (χ3v) is 3.86. The van der Waals surface area contributed by atoms with Crippen molar-refractivity contribution in [3.05, 3.63) is 63.1 Å². The van der Waals surface area contributed by atoms with Crippen LogP contribution in [0.1, 0.15) is 33.2 Å². The molecule has 4 nitrogen and oxygen atoms in total. The average Bonchev–Trinajstić information content (AvgIpc) is 2.55. The molecule has 0 heterocycles. The van der Waals surface area contributed by atoms with Crippen LogP contribution in [0.4, 0.5) is 5.69 Å². The zero-order valence-electron chi connectivity index (χ0n) is 12.4. The topological polar surface area (TPSA) is 69.4 Å². The molecular weight excluding hydrogens is 337 g/mol. The number of ether oxygens (including phenoxy) is 1. The highest BCUT2D eigenvalue weighted by atomic mass is 35.5. The van der Waals surface area contributed by atoms with Crippen molar-refractivity contribution < 1.29 is 14.3 Å². The van der Waals surface area contributed by atoms with Gasteiger partial charge in [0.2, 0.25) is 0 Å². The van der Waals surface area contributed by atoms with E-state index in [1.807, 2.05) is 19.1 Å². The van der Waals surface area contributed by atoms with E-state index in [0.717, 1.165) is 12.0 Å². The summed E-state index contributed by atoms with van der Waals surface area (Å²) in [5.41, 5.74) is 7.44. The number of esters is 1. The molecule has 0 fully saturated rings. The largest absolute Gasteiger partial charge is 0.454 e. The Hall–Kier alpha value is -2.04. The number of nitrogen functional groups attached to an aromatic ring is 1. The number of carbonyl (C=O) groups excluding carboxylic acids is 2. The van der Waals surface area contributed by atoms with E-state index < -0.39 is 5.97 Å². The Bertz CT molecular complexity index is 742. The third kappa shape index (κ3) is 4.24. The summed E-state index contributed by atoms with van der Waals surface area (Å²) in [5.74, 6) is -1.04. The summed E-state index contributed by atoms with van der Waals surface area (Å²) in [6.45, 7) is 1.65. The SMILES string of the molecule is CCc1ccc(C(=O)COC(=O)c2cc(Cl)cc(Cl)c2N)cc1. The van der Waals surface area contributed by atoms with Gasteiger partial charge in [0.15, 0.2) is 12.4 Å². The second-order valence-corrected chi connectivity index (χ2v) is 5.74. The number of hydrogen-bond donors (Lipinski definition) is 1. The maximum atomic E-state index is 12.0. The lowest BCUT2D eigenvalue weighted by atomic mass is 10.1. The number of hydrogen-bond acceptors (Lipinski definition) is 4. The maximum Gasteiger partial charge on any atom is 0.340 e. The van der Waals surface area contributed by atoms with Crippen molar-refractivity contribution in [1.82, 2.24) is 0 Å². The fourth-order valence-corrected chi connectivity index (χ4v) is 2.47. The van der Waals surface area contributed by atoms with E-state index in [4.69, 9.17) is 33.7 Å². The van der Waals surface area contributed by atoms with Crippen LogP contribution in [-0.4, -0.2) is 18.4 Å². The van der Waals surface area contributed by atoms with Crippen LogP contribution >= 0.6 is 23.2 Å². The average molecular weight is 352 g/mol. The molecule has 2 rings (SSSR count). The molecule has 2 N–H and O–H groups in total. The zero-order valence-corrected chi connectivity index (χ0v) is 13.9. The molecule has 0 aliphatic heterocycles. The molecule has 0 saturated heterocycles. The van der Waals surface area contributed by atoms with Crippen molar-refractivity contribution in [2.24, 2.45) is 0 Å². The molecule has 0 bridgehead atoms. The second-order valence-electron chi connectivity index (χ2n) is 4.90. The van der Waals surface area contributed by atoms with E-state index in [9.17, 15) is 9.59 Å². The smallest absolute Gasteiger partial charge is 0.340 e. The Morgan fingerprint density at radius 3 is 2.39 bits per heavy atom. The fourth-order valence-electron chi connectivity index (χ4n) is 1.97. The van der Waals surface area contributed by atoms with Crippen LogP contribution in [-0.2, 0) is 11.2 Å². The molecule has 6 heteroatoms. The zero-order chi connectivity index (χ0) is 17.0. The van der Waals surface area contributed by atoms with Crippen molar-refractivity contribution in [1.29, 1.82) is 0 Å². The van der Waals surface area contributed by atoms with Gasteiger partial charge in [-0.2, -0.15) is 0 Å². The van der Waals surface area contributed by atoms with Crippen LogP contribution in [0.2, 0.25) is 10.0 Å². The van der Waals surface area contributed by atoms with E-state index in [0.29, 0.717) is 5.56 Å². The van der Waals surface area contributed by atoms with Gasteiger partial charge in [-0.1, -0.05) is 54.4 Å². The van der Waals surface area contributed by atoms with Gasteiger partial charge in [0.1, 0.15) is 0 Å². The van der Waals surface area contributed by atoms with E-state index in [-0.39, 0.29) is 33.7 Å². The third-order valence-electron chi connectivity index (χ3n) is 3.33. The fraction of sp³-hybridized carbons (Fsp3) is 0.176. The van der Waals surface area contributed by atoms with Crippen molar-refractivity contribution in [2.75, 3.05) is 12.3 Å². The summed E-state index contributed by atoms with van der Waals surface area (Å²) < 4.78 is 5.01. The standard InChI is InChI=1S/C17H15Cl2NO3/c1-2-10-3-5-11(6-4-10)15(21)9-23-17(22)13-7-12(18)8-14(19)16(13)20/h3-8H,2,9,20H2,1H3. The summed E-state index contributed by atoms with van der Waals surface area (Å²) in [4.78, 5) is 24.1. The van der Waals surface area contributed by atoms with Gasteiger partial charge < -0.3 is 10.5 Å². The quantitative estimate of drug-likeness (QED) is 0.498. The number of ketones is 1. The normalized spacial score (nSPS) is 10.4. The first-order valence-corrected chi connectivity index (χ1v) is 7.71. The molecule has 0 atom stereocenters. The summed E-state index contributed by atoms with van der Waals surface area (Å²) >= 11 is 11.7. The molecule has 0 aromatic heterocycles. The molecular formula is C17H15Cl2NO3. The Labute approximate surface area is 144 Å². The molecule has 0 radical (unpaired) electrons. The summed E-state index contributed by atoms with van der Waals surface area (Å²) in [5, 5.41) is 0.420. The molecule has 2 aromatic rings. The van der Waals surface area contributed by atoms with Gasteiger partial charge in [-0.05, 0) is 24.1 Å². The predicted octanol–water partition coefficient (Wildman–Crippen LogP) is 4.18. The predicted molar refractivity (Wildman–Crippen MR) is 91.3 cm³/mol. The number of halogens is 2. The Kier molecular flexibility index (Phi) is 5.64. The number of benzene rings is 2. The molecule has 0 amide bonds. The minimum absolute atomic E-state index is 0.0385. The van der Waals surface area contributed by atoms with Gasteiger partial charge in [-0.3, -0.25) is 4.79 Å². The number of Topliss-reactive ketones (excluding diaryl/α,β-unsaturated/α-hetero) is 1. The Morgan fingerprint density at radius 2 is 1.78 bits per heavy atom. The van der Waals surface area contributed by atoms with Crippen LogP contribution < -0.4 is 5.73 Å². The van der Waals surface area contributed by atoms with Crippen molar-refractivity contribution in [3.63, 3.8) is 0 Å². The molecule has 23 heavy (non-hydrogen) atoms. The van der Waals surface area contributed by atoms with Crippen molar-refractivity contribution in [2.45, 2.75) is 13.3 Å². The molecule has 0 aliphatic rings. The maximum absolute atomic E-state index is 12.0. The van der Waals surface area contributed by atoms with Crippen LogP contribution in [0.5, 0.6) is 0 Å². The molecule has 2 aromatic carbocycles. The highest BCUT2D eigenvalue weighted by Crippen LogP contribution is 2.28. The molecule has 0 unspecified atom stereocenters. The number of anilines is 1. The summed E-state index contributed by atoms with van der Waals surface area (Å²) in [7, 11) is 0. The van der Waals surface area contributed by atoms with Gasteiger partial charge in [-0.25, -0.2) is 4.79 Å². The van der Waals surface area contributed by atoms with E-state index in [1.165, 1.54) is 12.1 Å². The molecule has 120 valence electrons. The van der Waals surface area contributed by atoms with Crippen LogP contribution in [0, 0.1) is 0 Å². The van der Waals surface area contributed by atoms with E-state index in [2.05, 4.69) is 0 Å². The van der Waals surface area contributed by atoms with Crippen LogP contribution in [0.25, 0.3) is 0 Å². The van der Waals surface area contributed by atoms with Gasteiger partial charge in [0, 0.05) is 10.6 Å². The molecule has 0 spiro atoms. The van der Waals surface area contributed by atoms with Gasteiger partial charge in [0.25, 0.3) is 0 Å².